The van der Waals surface area contributed by atoms with Crippen molar-refractivity contribution in [1.29, 1.82) is 0 Å². The highest BCUT2D eigenvalue weighted by atomic mass is 16.4. The molecule has 0 saturated carbocycles. The fraction of sp³-hybridized carbons (Fsp3) is 0.412. The van der Waals surface area contributed by atoms with Crippen molar-refractivity contribution in [2.45, 2.75) is 25.0 Å². The highest BCUT2D eigenvalue weighted by Gasteiger charge is 2.21. The van der Waals surface area contributed by atoms with Crippen LogP contribution < -0.4 is 21.7 Å². The van der Waals surface area contributed by atoms with Gasteiger partial charge in [-0.3, -0.25) is 9.59 Å². The van der Waals surface area contributed by atoms with E-state index in [1.807, 2.05) is 0 Å². The summed E-state index contributed by atoms with van der Waals surface area (Å²) in [7, 11) is 3.05. The second-order valence-electron chi connectivity index (χ2n) is 6.18. The van der Waals surface area contributed by atoms with Crippen molar-refractivity contribution in [3.8, 4) is 0 Å². The first-order valence-corrected chi connectivity index (χ1v) is 8.44. The van der Waals surface area contributed by atoms with Crippen molar-refractivity contribution < 1.29 is 29.4 Å². The molecule has 1 aromatic carbocycles. The molecule has 154 valence electrons. The summed E-state index contributed by atoms with van der Waals surface area (Å²) in [5, 5.41) is 25.9. The number of nitrogens with one attached hydrogen (secondary N) is 3. The van der Waals surface area contributed by atoms with Gasteiger partial charge in [-0.15, -0.1) is 0 Å². The predicted molar refractivity (Wildman–Crippen MR) is 100 cm³/mol. The van der Waals surface area contributed by atoms with E-state index in [-0.39, 0.29) is 13.0 Å². The number of hydrogen-bond donors (Lipinski definition) is 6. The minimum Gasteiger partial charge on any atom is -0.465 e. The molecule has 5 amide bonds. The molecule has 0 aromatic heterocycles. The third kappa shape index (κ3) is 7.50. The number of benzene rings is 1. The van der Waals surface area contributed by atoms with Gasteiger partial charge in [0.2, 0.25) is 5.91 Å². The number of urea groups is 1. The van der Waals surface area contributed by atoms with E-state index in [2.05, 4.69) is 16.0 Å². The van der Waals surface area contributed by atoms with Crippen molar-refractivity contribution in [2.75, 3.05) is 26.0 Å². The molecule has 0 fully saturated rings. The fourth-order valence-electron chi connectivity index (χ4n) is 2.30. The van der Waals surface area contributed by atoms with E-state index in [1.165, 1.54) is 43.3 Å². The molecule has 0 heterocycles. The lowest BCUT2D eigenvalue weighted by Gasteiger charge is -2.18. The van der Waals surface area contributed by atoms with E-state index in [1.54, 1.807) is 0 Å². The number of aliphatic hydroxyl groups excluding tert-OH is 1. The first kappa shape index (κ1) is 22.7. The summed E-state index contributed by atoms with van der Waals surface area (Å²) in [5.41, 5.74) is 5.66. The smallest absolute Gasteiger partial charge is 0.405 e. The summed E-state index contributed by atoms with van der Waals surface area (Å²) in [5.74, 6) is -1.06. The molecular weight excluding hydrogens is 370 g/mol. The zero-order valence-electron chi connectivity index (χ0n) is 15.6. The summed E-state index contributed by atoms with van der Waals surface area (Å²) in [6, 6.07) is 4.21. The van der Waals surface area contributed by atoms with Gasteiger partial charge in [-0.25, -0.2) is 9.59 Å². The summed E-state index contributed by atoms with van der Waals surface area (Å²) in [6.45, 7) is 0.201. The van der Waals surface area contributed by atoms with Gasteiger partial charge in [-0.1, -0.05) is 12.1 Å². The van der Waals surface area contributed by atoms with Crippen LogP contribution in [0.3, 0.4) is 0 Å². The third-order valence-corrected chi connectivity index (χ3v) is 3.75. The Morgan fingerprint density at radius 1 is 1.14 bits per heavy atom. The van der Waals surface area contributed by atoms with Gasteiger partial charge >= 0.3 is 12.1 Å². The summed E-state index contributed by atoms with van der Waals surface area (Å²) >= 11 is 0. The van der Waals surface area contributed by atoms with Crippen LogP contribution in [0.25, 0.3) is 0 Å². The lowest BCUT2D eigenvalue weighted by Crippen LogP contribution is -2.43. The summed E-state index contributed by atoms with van der Waals surface area (Å²) < 4.78 is 0. The first-order chi connectivity index (χ1) is 13.1. The van der Waals surface area contributed by atoms with E-state index in [4.69, 9.17) is 10.8 Å². The standard InChI is InChI=1S/C17H25N5O6/c1-22(2)15(25)13(23)10-5-7-11(8-6-10)20-14(24)12(21-17(27)28)4-3-9-19-16(18)26/h5-8,12-13,21,23H,3-4,9H2,1-2H3,(H,20,24)(H,27,28)(H3,18,19,26). The first-order valence-electron chi connectivity index (χ1n) is 8.44. The molecule has 0 aliphatic rings. The maximum Gasteiger partial charge on any atom is 0.405 e. The number of nitrogens with zero attached hydrogens (tertiary/aromatic N) is 1. The van der Waals surface area contributed by atoms with E-state index in [0.717, 1.165) is 0 Å². The molecule has 11 nitrogen and oxygen atoms in total. The number of carbonyl (C=O) groups excluding carboxylic acids is 3. The summed E-state index contributed by atoms with van der Waals surface area (Å²) in [4.78, 5) is 46.9. The number of nitrogens with two attached hydrogens (primary N) is 1. The van der Waals surface area contributed by atoms with Crippen LogP contribution in [0.5, 0.6) is 0 Å². The minimum atomic E-state index is -1.36. The normalized spacial score (nSPS) is 12.4. The van der Waals surface area contributed by atoms with Crippen LogP contribution in [0, 0.1) is 0 Å². The van der Waals surface area contributed by atoms with Gasteiger partial charge in [0.15, 0.2) is 6.10 Å². The maximum atomic E-state index is 12.3. The Bertz CT molecular complexity index is 706. The number of likely N-dealkylation sites (N-methyl/N-ethyl adjacent to an activating group) is 1. The molecule has 2 atom stereocenters. The molecule has 0 spiro atoms. The van der Waals surface area contributed by atoms with Crippen LogP contribution in [0.15, 0.2) is 24.3 Å². The number of rotatable bonds is 9. The largest absolute Gasteiger partial charge is 0.465 e. The molecule has 0 saturated heterocycles. The Kier molecular flexibility index (Phi) is 8.69. The fourth-order valence-corrected chi connectivity index (χ4v) is 2.30. The Labute approximate surface area is 161 Å². The number of anilines is 1. The van der Waals surface area contributed by atoms with Crippen LogP contribution in [-0.4, -0.2) is 65.7 Å². The van der Waals surface area contributed by atoms with Gasteiger partial charge < -0.3 is 36.8 Å². The number of primary amides is 1. The number of carboxylic acid groups (broad SMARTS) is 1. The molecule has 0 radical (unpaired) electrons. The van der Waals surface area contributed by atoms with Crippen LogP contribution >= 0.6 is 0 Å². The molecule has 1 rings (SSSR count). The summed E-state index contributed by atoms with van der Waals surface area (Å²) in [6.07, 6.45) is -2.20. The van der Waals surface area contributed by atoms with Gasteiger partial charge in [0, 0.05) is 26.3 Å². The topological polar surface area (TPSA) is 174 Å². The molecule has 0 aliphatic heterocycles. The van der Waals surface area contributed by atoms with Crippen molar-refractivity contribution in [3.63, 3.8) is 0 Å². The highest BCUT2D eigenvalue weighted by molar-refractivity contribution is 5.96. The Morgan fingerprint density at radius 3 is 2.25 bits per heavy atom. The Morgan fingerprint density at radius 2 is 1.75 bits per heavy atom. The number of aliphatic hydroxyl groups is 1. The molecule has 28 heavy (non-hydrogen) atoms. The molecule has 7 N–H and O–H groups in total. The molecule has 1 aromatic rings. The number of hydrogen-bond acceptors (Lipinski definition) is 5. The van der Waals surface area contributed by atoms with E-state index < -0.39 is 36.1 Å². The van der Waals surface area contributed by atoms with Crippen molar-refractivity contribution in [3.05, 3.63) is 29.8 Å². The Hall–Kier alpha value is -3.34. The van der Waals surface area contributed by atoms with Crippen LogP contribution in [-0.2, 0) is 9.59 Å². The zero-order chi connectivity index (χ0) is 21.3. The Balaban J connectivity index is 2.71. The molecule has 2 unspecified atom stereocenters. The molecule has 0 aliphatic carbocycles. The lowest BCUT2D eigenvalue weighted by atomic mass is 10.1. The van der Waals surface area contributed by atoms with E-state index in [0.29, 0.717) is 17.7 Å². The van der Waals surface area contributed by atoms with Gasteiger partial charge in [0.05, 0.1) is 0 Å². The average molecular weight is 395 g/mol. The highest BCUT2D eigenvalue weighted by Crippen LogP contribution is 2.18. The van der Waals surface area contributed by atoms with Gasteiger partial charge in [-0.2, -0.15) is 0 Å². The van der Waals surface area contributed by atoms with Crippen LogP contribution in [0.4, 0.5) is 15.3 Å². The third-order valence-electron chi connectivity index (χ3n) is 3.75. The molecular formula is C17H25N5O6. The van der Waals surface area contributed by atoms with Crippen molar-refractivity contribution in [1.82, 2.24) is 15.5 Å². The van der Waals surface area contributed by atoms with Crippen LogP contribution in [0.2, 0.25) is 0 Å². The van der Waals surface area contributed by atoms with Crippen molar-refractivity contribution >= 4 is 29.6 Å². The van der Waals surface area contributed by atoms with Gasteiger partial charge in [0.1, 0.15) is 6.04 Å². The second kappa shape index (κ2) is 10.7. The zero-order valence-corrected chi connectivity index (χ0v) is 15.6. The molecule has 0 bridgehead atoms. The quantitative estimate of drug-likeness (QED) is 0.317. The minimum absolute atomic E-state index is 0.145. The van der Waals surface area contributed by atoms with E-state index in [9.17, 15) is 24.3 Å². The van der Waals surface area contributed by atoms with Gasteiger partial charge in [-0.05, 0) is 30.5 Å². The van der Waals surface area contributed by atoms with Crippen molar-refractivity contribution in [2.24, 2.45) is 5.73 Å². The van der Waals surface area contributed by atoms with E-state index >= 15 is 0 Å². The number of carbonyl (C=O) groups is 4. The molecule has 11 heteroatoms. The lowest BCUT2D eigenvalue weighted by molar-refractivity contribution is -0.137. The second-order valence-corrected chi connectivity index (χ2v) is 6.18. The average Bonchev–Trinajstić information content (AvgIpc) is 2.62. The van der Waals surface area contributed by atoms with Gasteiger partial charge in [0.25, 0.3) is 5.91 Å². The van der Waals surface area contributed by atoms with Crippen LogP contribution in [0.1, 0.15) is 24.5 Å². The number of amides is 5. The maximum absolute atomic E-state index is 12.3. The monoisotopic (exact) mass is 395 g/mol. The predicted octanol–water partition coefficient (Wildman–Crippen LogP) is -0.169. The SMILES string of the molecule is CN(C)C(=O)C(O)c1ccc(NC(=O)C(CCCNC(N)=O)NC(=O)O)cc1.